The first-order valence-corrected chi connectivity index (χ1v) is 11.3. The van der Waals surface area contributed by atoms with Crippen LogP contribution in [0.5, 0.6) is 0 Å². The van der Waals surface area contributed by atoms with E-state index in [1.165, 1.54) is 5.56 Å². The average Bonchev–Trinajstić information content (AvgIpc) is 3.00. The summed E-state index contributed by atoms with van der Waals surface area (Å²) in [5.41, 5.74) is 5.16. The van der Waals surface area contributed by atoms with E-state index < -0.39 is 0 Å². The van der Waals surface area contributed by atoms with Crippen molar-refractivity contribution in [2.45, 2.75) is 13.3 Å². The second-order valence-corrected chi connectivity index (χ2v) is 8.48. The van der Waals surface area contributed by atoms with Crippen LogP contribution >= 0.6 is 0 Å². The van der Waals surface area contributed by atoms with Gasteiger partial charge in [0.05, 0.1) is 5.92 Å². The predicted molar refractivity (Wildman–Crippen MR) is 131 cm³/mol. The zero-order chi connectivity index (χ0) is 23.2. The molecule has 4 rings (SSSR count). The van der Waals surface area contributed by atoms with E-state index in [2.05, 4.69) is 54.9 Å². The van der Waals surface area contributed by atoms with E-state index in [0.717, 1.165) is 16.7 Å². The zero-order valence-corrected chi connectivity index (χ0v) is 19.0. The van der Waals surface area contributed by atoms with Crippen molar-refractivity contribution < 1.29 is 9.59 Å². The van der Waals surface area contributed by atoms with Crippen molar-refractivity contribution in [2.24, 2.45) is 5.92 Å². The minimum atomic E-state index is -0.329. The summed E-state index contributed by atoms with van der Waals surface area (Å²) in [6.45, 7) is 7.74. The molecule has 0 N–H and O–H groups in total. The summed E-state index contributed by atoms with van der Waals surface area (Å²) in [6, 6.07) is 20.1. The number of rotatable bonds is 6. The Morgan fingerprint density at radius 2 is 1.79 bits per heavy atom. The third-order valence-electron chi connectivity index (χ3n) is 6.15. The molecule has 33 heavy (non-hydrogen) atoms. The van der Waals surface area contributed by atoms with Crippen molar-refractivity contribution in [1.29, 1.82) is 0 Å². The van der Waals surface area contributed by atoms with Crippen molar-refractivity contribution in [2.75, 3.05) is 26.2 Å². The van der Waals surface area contributed by atoms with Crippen LogP contribution in [0.2, 0.25) is 0 Å². The Balaban J connectivity index is 1.64. The number of benzene rings is 2. The third-order valence-corrected chi connectivity index (χ3v) is 6.15. The monoisotopic (exact) mass is 439 g/mol. The van der Waals surface area contributed by atoms with E-state index in [9.17, 15) is 9.59 Å². The predicted octanol–water partition coefficient (Wildman–Crippen LogP) is 4.39. The summed E-state index contributed by atoms with van der Waals surface area (Å²) in [5, 5.41) is 0. The van der Waals surface area contributed by atoms with Crippen LogP contribution in [0.25, 0.3) is 11.1 Å². The van der Waals surface area contributed by atoms with Gasteiger partial charge in [0.25, 0.3) is 5.91 Å². The summed E-state index contributed by atoms with van der Waals surface area (Å²) in [6.07, 6.45) is 5.55. The third kappa shape index (κ3) is 5.20. The molecule has 3 aromatic rings. The minimum Gasteiger partial charge on any atom is -0.337 e. The number of hydrogen-bond donors (Lipinski definition) is 0. The lowest BCUT2D eigenvalue weighted by atomic mass is 9.91. The number of aromatic nitrogens is 1. The first kappa shape index (κ1) is 22.5. The van der Waals surface area contributed by atoms with E-state index >= 15 is 0 Å². The number of pyridine rings is 1. The Kier molecular flexibility index (Phi) is 6.98. The summed E-state index contributed by atoms with van der Waals surface area (Å²) in [5.74, 6) is -0.328. The molecule has 5 heteroatoms. The van der Waals surface area contributed by atoms with Gasteiger partial charge in [0.15, 0.2) is 0 Å². The molecule has 5 nitrogen and oxygen atoms in total. The van der Waals surface area contributed by atoms with Crippen molar-refractivity contribution in [1.82, 2.24) is 14.8 Å². The van der Waals surface area contributed by atoms with Crippen LogP contribution in [0.15, 0.2) is 85.7 Å². The Hall–Kier alpha value is -3.73. The Bertz CT molecular complexity index is 1130. The molecule has 168 valence electrons. The Labute approximate surface area is 195 Å². The van der Waals surface area contributed by atoms with Gasteiger partial charge < -0.3 is 9.80 Å². The molecule has 1 aliphatic heterocycles. The van der Waals surface area contributed by atoms with E-state index in [4.69, 9.17) is 0 Å². The van der Waals surface area contributed by atoms with Crippen molar-refractivity contribution >= 4 is 11.8 Å². The lowest BCUT2D eigenvalue weighted by molar-refractivity contribution is -0.134. The molecule has 0 aliphatic carbocycles. The van der Waals surface area contributed by atoms with Gasteiger partial charge in [-0.1, -0.05) is 60.2 Å². The summed E-state index contributed by atoms with van der Waals surface area (Å²) in [7, 11) is 0. The quantitative estimate of drug-likeness (QED) is 0.536. The first-order valence-electron chi connectivity index (χ1n) is 11.3. The van der Waals surface area contributed by atoms with Crippen LogP contribution in [0.4, 0.5) is 0 Å². The van der Waals surface area contributed by atoms with Crippen LogP contribution in [0, 0.1) is 12.8 Å². The van der Waals surface area contributed by atoms with Gasteiger partial charge in [-0.3, -0.25) is 14.6 Å². The maximum Gasteiger partial charge on any atom is 0.254 e. The second kappa shape index (κ2) is 10.3. The molecule has 1 saturated heterocycles. The zero-order valence-electron chi connectivity index (χ0n) is 19.0. The maximum absolute atomic E-state index is 13.5. The molecule has 2 aromatic carbocycles. The summed E-state index contributed by atoms with van der Waals surface area (Å²) >= 11 is 0. The molecule has 0 spiro atoms. The lowest BCUT2D eigenvalue weighted by Crippen LogP contribution is -2.38. The van der Waals surface area contributed by atoms with Gasteiger partial charge in [0.1, 0.15) is 0 Å². The average molecular weight is 440 g/mol. The van der Waals surface area contributed by atoms with Gasteiger partial charge in [0.2, 0.25) is 5.91 Å². The van der Waals surface area contributed by atoms with Crippen molar-refractivity contribution in [3.63, 3.8) is 0 Å². The normalized spacial score (nSPS) is 16.4. The molecule has 1 aromatic heterocycles. The molecule has 2 heterocycles. The Morgan fingerprint density at radius 1 is 1.06 bits per heavy atom. The molecular formula is C28H29N3O2. The number of aryl methyl sites for hydroxylation is 1. The van der Waals surface area contributed by atoms with Gasteiger partial charge >= 0.3 is 0 Å². The SMILES string of the molecule is C=CCN1CCN(C(=O)c2ccncc2)CC(Cc2ccccc2-c2ccc(C)cc2)C1=O. The van der Waals surface area contributed by atoms with E-state index in [1.807, 2.05) is 17.0 Å². The van der Waals surface area contributed by atoms with Gasteiger partial charge in [-0.05, 0) is 42.2 Å². The van der Waals surface area contributed by atoms with Gasteiger partial charge in [-0.2, -0.15) is 0 Å². The van der Waals surface area contributed by atoms with Crippen LogP contribution in [0.1, 0.15) is 21.5 Å². The number of nitrogens with zero attached hydrogens (tertiary/aromatic N) is 3. The highest BCUT2D eigenvalue weighted by molar-refractivity contribution is 5.94. The number of hydrogen-bond acceptors (Lipinski definition) is 3. The van der Waals surface area contributed by atoms with Gasteiger partial charge in [0, 0.05) is 44.1 Å². The largest absolute Gasteiger partial charge is 0.337 e. The second-order valence-electron chi connectivity index (χ2n) is 8.48. The summed E-state index contributed by atoms with van der Waals surface area (Å²) in [4.78, 5) is 34.3. The lowest BCUT2D eigenvalue weighted by Gasteiger charge is -2.24. The fourth-order valence-corrected chi connectivity index (χ4v) is 4.37. The summed E-state index contributed by atoms with van der Waals surface area (Å²) < 4.78 is 0. The van der Waals surface area contributed by atoms with Crippen LogP contribution < -0.4 is 0 Å². The molecule has 0 saturated carbocycles. The minimum absolute atomic E-state index is 0.0672. The molecular weight excluding hydrogens is 410 g/mol. The molecule has 1 aliphatic rings. The van der Waals surface area contributed by atoms with E-state index in [0.29, 0.717) is 38.2 Å². The van der Waals surface area contributed by atoms with E-state index in [-0.39, 0.29) is 17.7 Å². The van der Waals surface area contributed by atoms with Crippen molar-refractivity contribution in [3.8, 4) is 11.1 Å². The van der Waals surface area contributed by atoms with Crippen molar-refractivity contribution in [3.05, 3.63) is 102 Å². The highest BCUT2D eigenvalue weighted by Crippen LogP contribution is 2.28. The number of carbonyl (C=O) groups excluding carboxylic acids is 2. The maximum atomic E-state index is 13.5. The van der Waals surface area contributed by atoms with Crippen LogP contribution in [0.3, 0.4) is 0 Å². The molecule has 1 unspecified atom stereocenters. The Morgan fingerprint density at radius 3 is 2.52 bits per heavy atom. The van der Waals surface area contributed by atoms with Crippen LogP contribution in [-0.2, 0) is 11.2 Å². The fraction of sp³-hybridized carbons (Fsp3) is 0.250. The fourth-order valence-electron chi connectivity index (χ4n) is 4.37. The first-order chi connectivity index (χ1) is 16.1. The number of amides is 2. The standard InChI is InChI=1S/C28H29N3O2/c1-3-16-30-17-18-31(27(32)23-12-14-29-15-13-23)20-25(28(30)33)19-24-6-4-5-7-26(24)22-10-8-21(2)9-11-22/h3-15,25H,1,16-20H2,2H3. The molecule has 1 atom stereocenters. The highest BCUT2D eigenvalue weighted by atomic mass is 16.2. The highest BCUT2D eigenvalue weighted by Gasteiger charge is 2.32. The molecule has 0 bridgehead atoms. The topological polar surface area (TPSA) is 53.5 Å². The van der Waals surface area contributed by atoms with E-state index in [1.54, 1.807) is 35.5 Å². The van der Waals surface area contributed by atoms with Crippen LogP contribution in [-0.4, -0.2) is 52.8 Å². The molecule has 0 radical (unpaired) electrons. The van der Waals surface area contributed by atoms with Gasteiger partial charge in [-0.15, -0.1) is 6.58 Å². The molecule has 1 fully saturated rings. The smallest absolute Gasteiger partial charge is 0.254 e. The number of carbonyl (C=O) groups is 2. The van der Waals surface area contributed by atoms with Gasteiger partial charge in [-0.25, -0.2) is 0 Å². The molecule has 2 amide bonds.